The van der Waals surface area contributed by atoms with E-state index < -0.39 is 11.2 Å². The summed E-state index contributed by atoms with van der Waals surface area (Å²) in [6.45, 7) is 4.16. The molecule has 0 bridgehead atoms. The van der Waals surface area contributed by atoms with E-state index in [1.54, 1.807) is 60.6 Å². The molecule has 3 aromatic heterocycles. The summed E-state index contributed by atoms with van der Waals surface area (Å²) in [5.74, 6) is -0.402. The van der Waals surface area contributed by atoms with E-state index in [0.717, 1.165) is 21.5 Å². The molecule has 0 unspecified atom stereocenters. The molecule has 10 nitrogen and oxygen atoms in total. The van der Waals surface area contributed by atoms with Crippen molar-refractivity contribution in [3.05, 3.63) is 103 Å². The summed E-state index contributed by atoms with van der Waals surface area (Å²) in [6, 6.07) is 10.5. The Balaban J connectivity index is 0.00000336. The number of carbonyl (C=O) groups excluding carboxylic acids is 2. The molecule has 1 aliphatic heterocycles. The van der Waals surface area contributed by atoms with Crippen molar-refractivity contribution in [1.29, 1.82) is 0 Å². The highest BCUT2D eigenvalue weighted by molar-refractivity contribution is 7.19. The van der Waals surface area contributed by atoms with Crippen LogP contribution in [0.2, 0.25) is 0 Å². The zero-order chi connectivity index (χ0) is 25.9. The number of ether oxygens (including phenoxy) is 1. The maximum Gasteiger partial charge on any atom is 0.336 e. The highest BCUT2D eigenvalue weighted by atomic mass is 35.5. The Hall–Kier alpha value is -3.80. The van der Waals surface area contributed by atoms with Gasteiger partial charge in [0.15, 0.2) is 0 Å². The van der Waals surface area contributed by atoms with Crippen LogP contribution in [-0.4, -0.2) is 57.0 Å². The van der Waals surface area contributed by atoms with Gasteiger partial charge in [-0.3, -0.25) is 28.3 Å². The highest BCUT2D eigenvalue weighted by Crippen LogP contribution is 2.18. The number of carbonyl (C=O) groups is 2. The van der Waals surface area contributed by atoms with Crippen LogP contribution in [0.4, 0.5) is 0 Å². The number of hydrogen-bond donors (Lipinski definition) is 1. The largest absolute Gasteiger partial charge is 0.378 e. The number of halogens is 1. The lowest BCUT2D eigenvalue weighted by atomic mass is 10.1. The molecule has 5 rings (SSSR count). The zero-order valence-corrected chi connectivity index (χ0v) is 22.2. The standard InChI is InChI=1S/C26H25N5O5S.ClH/c1-17-23(33)30(15-19-2-4-20(5-3-19)24(34)29-10-12-36-13-11-29)26(35)31-16-21(37-25(17)31)22(32)28-14-18-6-8-27-9-7-18;/h2-9,16H,10-15H2,1H3,(H,28,32);1H. The number of hydrogen-bond acceptors (Lipinski definition) is 7. The van der Waals surface area contributed by atoms with Crippen LogP contribution in [0.3, 0.4) is 0 Å². The fraction of sp³-hybridized carbons (Fsp3) is 0.269. The summed E-state index contributed by atoms with van der Waals surface area (Å²) in [5, 5.41) is 2.83. The van der Waals surface area contributed by atoms with Gasteiger partial charge in [0.25, 0.3) is 17.4 Å². The molecule has 198 valence electrons. The SMILES string of the molecule is Cc1c(=O)n(Cc2ccc(C(=O)N3CCOCC3)cc2)c(=O)n2cc(C(=O)NCc3ccncc3)sc12.Cl. The average Bonchev–Trinajstić information content (AvgIpc) is 3.40. The Bertz CT molecular complexity index is 1570. The molecule has 1 aliphatic rings. The van der Waals surface area contributed by atoms with Gasteiger partial charge in [0, 0.05) is 49.4 Å². The summed E-state index contributed by atoms with van der Waals surface area (Å²) in [6.07, 6.45) is 4.76. The van der Waals surface area contributed by atoms with Crippen molar-refractivity contribution < 1.29 is 14.3 Å². The van der Waals surface area contributed by atoms with Crippen LogP contribution in [0.15, 0.2) is 64.6 Å². The molecule has 4 heterocycles. The lowest BCUT2D eigenvalue weighted by Gasteiger charge is -2.26. The van der Waals surface area contributed by atoms with Crippen LogP contribution in [-0.2, 0) is 17.8 Å². The van der Waals surface area contributed by atoms with E-state index in [4.69, 9.17) is 4.74 Å². The van der Waals surface area contributed by atoms with Gasteiger partial charge in [-0.05, 0) is 42.3 Å². The molecule has 0 atom stereocenters. The minimum Gasteiger partial charge on any atom is -0.378 e. The summed E-state index contributed by atoms with van der Waals surface area (Å²) < 4.78 is 7.79. The number of fused-ring (bicyclic) bond motifs is 1. The molecule has 0 aliphatic carbocycles. The molecular weight excluding hydrogens is 530 g/mol. The summed E-state index contributed by atoms with van der Waals surface area (Å²) in [4.78, 5) is 58.1. The number of aryl methyl sites for hydroxylation is 1. The Morgan fingerprint density at radius 1 is 1.03 bits per heavy atom. The van der Waals surface area contributed by atoms with Gasteiger partial charge in [-0.25, -0.2) is 4.79 Å². The Morgan fingerprint density at radius 3 is 2.39 bits per heavy atom. The molecule has 1 N–H and O–H groups in total. The van der Waals surface area contributed by atoms with Gasteiger partial charge in [-0.2, -0.15) is 0 Å². The van der Waals surface area contributed by atoms with Gasteiger partial charge in [-0.15, -0.1) is 23.7 Å². The minimum absolute atomic E-state index is 0. The van der Waals surface area contributed by atoms with Crippen LogP contribution < -0.4 is 16.6 Å². The van der Waals surface area contributed by atoms with E-state index in [-0.39, 0.29) is 30.8 Å². The third-order valence-electron chi connectivity index (χ3n) is 6.26. The number of morpholine rings is 1. The van der Waals surface area contributed by atoms with E-state index in [0.29, 0.717) is 59.2 Å². The van der Waals surface area contributed by atoms with Gasteiger partial charge < -0.3 is 15.0 Å². The first-order chi connectivity index (χ1) is 17.9. The molecule has 4 aromatic rings. The molecule has 0 radical (unpaired) electrons. The van der Waals surface area contributed by atoms with Crippen molar-refractivity contribution in [2.75, 3.05) is 26.3 Å². The molecule has 38 heavy (non-hydrogen) atoms. The number of amides is 2. The van der Waals surface area contributed by atoms with E-state index in [2.05, 4.69) is 10.3 Å². The molecule has 0 spiro atoms. The number of pyridine rings is 1. The van der Waals surface area contributed by atoms with Gasteiger partial charge in [0.2, 0.25) is 0 Å². The lowest BCUT2D eigenvalue weighted by Crippen LogP contribution is -2.40. The van der Waals surface area contributed by atoms with Gasteiger partial charge in [-0.1, -0.05) is 12.1 Å². The van der Waals surface area contributed by atoms with Gasteiger partial charge in [0.1, 0.15) is 9.71 Å². The minimum atomic E-state index is -0.525. The van der Waals surface area contributed by atoms with Crippen molar-refractivity contribution in [2.24, 2.45) is 0 Å². The molecule has 1 saturated heterocycles. The zero-order valence-electron chi connectivity index (χ0n) is 20.6. The second-order valence-electron chi connectivity index (χ2n) is 8.71. The predicted octanol–water partition coefficient (Wildman–Crippen LogP) is 2.10. The maximum absolute atomic E-state index is 13.2. The lowest BCUT2D eigenvalue weighted by molar-refractivity contribution is 0.0303. The van der Waals surface area contributed by atoms with Gasteiger partial charge >= 0.3 is 5.69 Å². The fourth-order valence-electron chi connectivity index (χ4n) is 4.16. The monoisotopic (exact) mass is 555 g/mol. The van der Waals surface area contributed by atoms with Crippen LogP contribution >= 0.6 is 23.7 Å². The number of aromatic nitrogens is 3. The highest BCUT2D eigenvalue weighted by Gasteiger charge is 2.20. The van der Waals surface area contributed by atoms with Crippen LogP contribution in [0, 0.1) is 6.92 Å². The molecule has 2 amide bonds. The first-order valence-corrected chi connectivity index (χ1v) is 12.6. The van der Waals surface area contributed by atoms with E-state index in [1.165, 1.54) is 10.6 Å². The van der Waals surface area contributed by atoms with Crippen molar-refractivity contribution in [3.63, 3.8) is 0 Å². The van der Waals surface area contributed by atoms with Crippen molar-refractivity contribution in [3.8, 4) is 0 Å². The molecule has 1 aromatic carbocycles. The number of nitrogens with zero attached hydrogens (tertiary/aromatic N) is 4. The third-order valence-corrected chi connectivity index (χ3v) is 7.47. The summed E-state index contributed by atoms with van der Waals surface area (Å²) in [7, 11) is 0. The van der Waals surface area contributed by atoms with Crippen molar-refractivity contribution in [2.45, 2.75) is 20.0 Å². The molecule has 0 saturated carbocycles. The second kappa shape index (κ2) is 11.7. The second-order valence-corrected chi connectivity index (χ2v) is 9.74. The van der Waals surface area contributed by atoms with E-state index in [9.17, 15) is 19.2 Å². The predicted molar refractivity (Wildman–Crippen MR) is 145 cm³/mol. The topological polar surface area (TPSA) is 115 Å². The number of thiazole rings is 1. The van der Waals surface area contributed by atoms with Crippen molar-refractivity contribution >= 4 is 40.4 Å². The first-order valence-electron chi connectivity index (χ1n) is 11.8. The molecular formula is C26H26ClN5O5S. The van der Waals surface area contributed by atoms with E-state index >= 15 is 0 Å². The maximum atomic E-state index is 13.2. The normalized spacial score (nSPS) is 13.2. The Morgan fingerprint density at radius 2 is 1.71 bits per heavy atom. The van der Waals surface area contributed by atoms with Crippen LogP contribution in [0.5, 0.6) is 0 Å². The quantitative estimate of drug-likeness (QED) is 0.390. The average molecular weight is 556 g/mol. The molecule has 12 heteroatoms. The Labute approximate surface area is 227 Å². The number of rotatable bonds is 6. The molecule has 1 fully saturated rings. The van der Waals surface area contributed by atoms with Crippen LogP contribution in [0.1, 0.15) is 36.7 Å². The first kappa shape index (κ1) is 27.2. The van der Waals surface area contributed by atoms with E-state index in [1.807, 2.05) is 0 Å². The summed E-state index contributed by atoms with van der Waals surface area (Å²) >= 11 is 1.10. The third kappa shape index (κ3) is 5.54. The number of nitrogens with one attached hydrogen (secondary N) is 1. The fourth-order valence-corrected chi connectivity index (χ4v) is 5.17. The smallest absolute Gasteiger partial charge is 0.336 e. The van der Waals surface area contributed by atoms with Crippen molar-refractivity contribution in [1.82, 2.24) is 24.2 Å². The summed E-state index contributed by atoms with van der Waals surface area (Å²) in [5.41, 5.74) is 1.60. The van der Waals surface area contributed by atoms with Gasteiger partial charge in [0.05, 0.1) is 19.8 Å². The van der Waals surface area contributed by atoms with Crippen LogP contribution in [0.25, 0.3) is 4.83 Å². The number of benzene rings is 1. The Kier molecular flexibility index (Phi) is 8.40.